The van der Waals surface area contributed by atoms with Crippen molar-refractivity contribution in [2.24, 2.45) is 0 Å². The van der Waals surface area contributed by atoms with Crippen LogP contribution in [0.15, 0.2) is 0 Å². The molecule has 1 unspecified atom stereocenters. The second-order valence-corrected chi connectivity index (χ2v) is 4.69. The third kappa shape index (κ3) is 2.92. The Morgan fingerprint density at radius 3 is 2.80 bits per heavy atom. The van der Waals surface area contributed by atoms with E-state index in [0.29, 0.717) is 13.0 Å². The first-order valence-electron chi connectivity index (χ1n) is 5.79. The maximum absolute atomic E-state index is 11.5. The minimum atomic E-state index is -0.619. The van der Waals surface area contributed by atoms with E-state index in [0.717, 1.165) is 38.7 Å². The molecule has 86 valence electrons. The molecule has 0 aromatic carbocycles. The van der Waals surface area contributed by atoms with Crippen LogP contribution in [-0.2, 0) is 9.53 Å². The molecule has 2 N–H and O–H groups in total. The summed E-state index contributed by atoms with van der Waals surface area (Å²) in [4.78, 5) is 11.5. The first-order chi connectivity index (χ1) is 7.18. The van der Waals surface area contributed by atoms with Crippen LogP contribution < -0.4 is 5.32 Å². The van der Waals surface area contributed by atoms with Gasteiger partial charge in [0.2, 0.25) is 5.91 Å². The number of hydrogen-bond donors (Lipinski definition) is 2. The molecule has 4 heteroatoms. The standard InChI is InChI=1S/C11H19NO3/c13-10(7-9-3-1-6-15-9)12-8-11(14)4-2-5-11/h9,14H,1-8H2,(H,12,13). The molecule has 0 radical (unpaired) electrons. The lowest BCUT2D eigenvalue weighted by molar-refractivity contribution is -0.125. The Morgan fingerprint density at radius 1 is 1.47 bits per heavy atom. The van der Waals surface area contributed by atoms with Gasteiger partial charge in [-0.3, -0.25) is 4.79 Å². The Hall–Kier alpha value is -0.610. The van der Waals surface area contributed by atoms with Crippen LogP contribution in [0.25, 0.3) is 0 Å². The van der Waals surface area contributed by atoms with Gasteiger partial charge in [0.25, 0.3) is 0 Å². The number of aliphatic hydroxyl groups is 1. The Morgan fingerprint density at radius 2 is 2.27 bits per heavy atom. The van der Waals surface area contributed by atoms with E-state index in [4.69, 9.17) is 4.74 Å². The van der Waals surface area contributed by atoms with Crippen LogP contribution in [-0.4, -0.2) is 35.9 Å². The number of carbonyl (C=O) groups excluding carboxylic acids is 1. The molecule has 2 rings (SSSR count). The molecule has 2 fully saturated rings. The molecule has 1 amide bonds. The van der Waals surface area contributed by atoms with E-state index >= 15 is 0 Å². The molecule has 1 atom stereocenters. The largest absolute Gasteiger partial charge is 0.388 e. The molecule has 1 aliphatic carbocycles. The van der Waals surface area contributed by atoms with Crippen molar-refractivity contribution in [1.29, 1.82) is 0 Å². The van der Waals surface area contributed by atoms with Gasteiger partial charge in [-0.1, -0.05) is 0 Å². The van der Waals surface area contributed by atoms with E-state index in [-0.39, 0.29) is 12.0 Å². The van der Waals surface area contributed by atoms with Crippen molar-refractivity contribution in [1.82, 2.24) is 5.32 Å². The quantitative estimate of drug-likeness (QED) is 0.718. The summed E-state index contributed by atoms with van der Waals surface area (Å²) in [7, 11) is 0. The first kappa shape index (κ1) is 10.9. The number of ether oxygens (including phenoxy) is 1. The molecule has 15 heavy (non-hydrogen) atoms. The van der Waals surface area contributed by atoms with Gasteiger partial charge in [-0.05, 0) is 32.1 Å². The van der Waals surface area contributed by atoms with Gasteiger partial charge in [0, 0.05) is 13.2 Å². The van der Waals surface area contributed by atoms with Crippen LogP contribution in [0.3, 0.4) is 0 Å². The highest BCUT2D eigenvalue weighted by Crippen LogP contribution is 2.30. The fourth-order valence-electron chi connectivity index (χ4n) is 2.11. The molecule has 0 spiro atoms. The Labute approximate surface area is 90.0 Å². The van der Waals surface area contributed by atoms with Crippen molar-refractivity contribution in [3.63, 3.8) is 0 Å². The fraction of sp³-hybridized carbons (Fsp3) is 0.909. The number of rotatable bonds is 4. The number of hydrogen-bond acceptors (Lipinski definition) is 3. The van der Waals surface area contributed by atoms with E-state index in [1.165, 1.54) is 0 Å². The van der Waals surface area contributed by atoms with Crippen LogP contribution in [0.4, 0.5) is 0 Å². The predicted octanol–water partition coefficient (Wildman–Crippen LogP) is 0.587. The van der Waals surface area contributed by atoms with Gasteiger partial charge in [-0.25, -0.2) is 0 Å². The van der Waals surface area contributed by atoms with E-state index in [1.807, 2.05) is 0 Å². The lowest BCUT2D eigenvalue weighted by Gasteiger charge is -2.36. The molecule has 1 saturated carbocycles. The van der Waals surface area contributed by atoms with Gasteiger partial charge < -0.3 is 15.2 Å². The Kier molecular flexibility index (Phi) is 3.26. The molecule has 2 aliphatic rings. The summed E-state index contributed by atoms with van der Waals surface area (Å²) in [5.41, 5.74) is -0.619. The second-order valence-electron chi connectivity index (χ2n) is 4.69. The Balaban J connectivity index is 1.63. The summed E-state index contributed by atoms with van der Waals surface area (Å²) in [5.74, 6) is 0.00206. The first-order valence-corrected chi connectivity index (χ1v) is 5.79. The number of carbonyl (C=O) groups is 1. The van der Waals surface area contributed by atoms with Crippen molar-refractivity contribution in [3.05, 3.63) is 0 Å². The number of nitrogens with one attached hydrogen (secondary N) is 1. The van der Waals surface area contributed by atoms with Crippen molar-refractivity contribution < 1.29 is 14.6 Å². The summed E-state index contributed by atoms with van der Waals surface area (Å²) in [6.07, 6.45) is 5.27. The smallest absolute Gasteiger partial charge is 0.222 e. The topological polar surface area (TPSA) is 58.6 Å². The maximum atomic E-state index is 11.5. The van der Waals surface area contributed by atoms with E-state index in [1.54, 1.807) is 0 Å². The summed E-state index contributed by atoms with van der Waals surface area (Å²) in [6, 6.07) is 0. The second kappa shape index (κ2) is 4.49. The fourth-order valence-corrected chi connectivity index (χ4v) is 2.11. The minimum absolute atomic E-state index is 0.00206. The van der Waals surface area contributed by atoms with Gasteiger partial charge in [-0.15, -0.1) is 0 Å². The molecule has 0 aromatic heterocycles. The van der Waals surface area contributed by atoms with E-state index < -0.39 is 5.60 Å². The van der Waals surface area contributed by atoms with Gasteiger partial charge in [0.15, 0.2) is 0 Å². The Bertz CT molecular complexity index is 232. The van der Waals surface area contributed by atoms with Crippen LogP contribution in [0.5, 0.6) is 0 Å². The van der Waals surface area contributed by atoms with Crippen LogP contribution in [0.2, 0.25) is 0 Å². The van der Waals surface area contributed by atoms with Crippen molar-refractivity contribution in [3.8, 4) is 0 Å². The highest BCUT2D eigenvalue weighted by molar-refractivity contribution is 5.76. The molecular formula is C11H19NO3. The SMILES string of the molecule is O=C(CC1CCCO1)NCC1(O)CCC1. The van der Waals surface area contributed by atoms with E-state index in [2.05, 4.69) is 5.32 Å². The van der Waals surface area contributed by atoms with Crippen molar-refractivity contribution in [2.45, 2.75) is 50.2 Å². The third-order valence-electron chi connectivity index (χ3n) is 3.34. The molecular weight excluding hydrogens is 194 g/mol. The summed E-state index contributed by atoms with van der Waals surface area (Å²) < 4.78 is 5.37. The van der Waals surface area contributed by atoms with Crippen molar-refractivity contribution in [2.75, 3.05) is 13.2 Å². The third-order valence-corrected chi connectivity index (χ3v) is 3.34. The highest BCUT2D eigenvalue weighted by atomic mass is 16.5. The molecule has 0 bridgehead atoms. The summed E-state index contributed by atoms with van der Waals surface area (Å²) in [5, 5.41) is 12.6. The van der Waals surface area contributed by atoms with Gasteiger partial charge >= 0.3 is 0 Å². The summed E-state index contributed by atoms with van der Waals surface area (Å²) >= 11 is 0. The molecule has 0 aromatic rings. The normalized spacial score (nSPS) is 28.5. The highest BCUT2D eigenvalue weighted by Gasteiger charge is 2.34. The lowest BCUT2D eigenvalue weighted by atomic mass is 9.80. The molecule has 1 heterocycles. The van der Waals surface area contributed by atoms with Gasteiger partial charge in [0.1, 0.15) is 0 Å². The maximum Gasteiger partial charge on any atom is 0.222 e. The predicted molar refractivity (Wildman–Crippen MR) is 55.4 cm³/mol. The molecule has 1 saturated heterocycles. The van der Waals surface area contributed by atoms with E-state index in [9.17, 15) is 9.90 Å². The van der Waals surface area contributed by atoms with Crippen LogP contribution >= 0.6 is 0 Å². The molecule has 4 nitrogen and oxygen atoms in total. The average Bonchev–Trinajstić information content (AvgIpc) is 2.64. The zero-order valence-electron chi connectivity index (χ0n) is 9.00. The van der Waals surface area contributed by atoms with Gasteiger partial charge in [0.05, 0.1) is 18.1 Å². The van der Waals surface area contributed by atoms with Crippen LogP contribution in [0.1, 0.15) is 38.5 Å². The van der Waals surface area contributed by atoms with Gasteiger partial charge in [-0.2, -0.15) is 0 Å². The zero-order valence-corrected chi connectivity index (χ0v) is 9.00. The van der Waals surface area contributed by atoms with Crippen molar-refractivity contribution >= 4 is 5.91 Å². The monoisotopic (exact) mass is 213 g/mol. The summed E-state index contributed by atoms with van der Waals surface area (Å²) in [6.45, 7) is 1.18. The molecule has 1 aliphatic heterocycles. The van der Waals surface area contributed by atoms with Crippen LogP contribution in [0, 0.1) is 0 Å². The number of amides is 1. The lowest BCUT2D eigenvalue weighted by Crippen LogP contribution is -2.48. The minimum Gasteiger partial charge on any atom is -0.388 e. The average molecular weight is 213 g/mol. The zero-order chi connectivity index (χ0) is 10.7.